The lowest BCUT2D eigenvalue weighted by Crippen LogP contribution is -2.64. The summed E-state index contributed by atoms with van der Waals surface area (Å²) in [6.07, 6.45) is 3.30. The summed E-state index contributed by atoms with van der Waals surface area (Å²) in [5, 5.41) is 37.5. The number of carbonyl (C=O) groups is 5. The van der Waals surface area contributed by atoms with Crippen LogP contribution in [0.1, 0.15) is 96.8 Å². The van der Waals surface area contributed by atoms with Gasteiger partial charge in [0.15, 0.2) is 6.29 Å². The zero-order chi connectivity index (χ0) is 33.5. The Balaban J connectivity index is 1.42. The summed E-state index contributed by atoms with van der Waals surface area (Å²) in [6, 6.07) is -2.16. The van der Waals surface area contributed by atoms with Crippen molar-refractivity contribution in [2.24, 2.45) is 0 Å². The fraction of sp³-hybridized carbons (Fsp3) is 0.839. The summed E-state index contributed by atoms with van der Waals surface area (Å²) >= 11 is 0. The average molecular weight is 658 g/mol. The Morgan fingerprint density at radius 3 is 2.04 bits per heavy atom. The smallest absolute Gasteiger partial charge is 0.328 e. The standard InChI is InChI=1S/C31H51N3O12/c1-19(36)33-27-29(41)28(40)23(18-35)46-31(27)43-17-16-32-24(37)13-14-25(38)34-22(30(42)45-21-10-6-3-7-11-21)12-15-26(39)44-20-8-4-2-5-9-20/h20-23,27-29,31,35,40-41H,2-18H2,1H3,(H,32,37)(H,33,36)(H,34,38)/t22-,23+,27+,28-,29+,31+/m0/s1. The van der Waals surface area contributed by atoms with Crippen molar-refractivity contribution in [3.63, 3.8) is 0 Å². The molecule has 46 heavy (non-hydrogen) atoms. The molecule has 3 aliphatic rings. The van der Waals surface area contributed by atoms with Crippen molar-refractivity contribution in [1.29, 1.82) is 0 Å². The first kappa shape index (κ1) is 37.6. The minimum absolute atomic E-state index is 0.00497. The molecule has 0 bridgehead atoms. The molecular weight excluding hydrogens is 606 g/mol. The largest absolute Gasteiger partial charge is 0.462 e. The van der Waals surface area contributed by atoms with E-state index in [2.05, 4.69) is 16.0 Å². The van der Waals surface area contributed by atoms with E-state index in [9.17, 15) is 39.3 Å². The molecule has 15 nitrogen and oxygen atoms in total. The maximum absolute atomic E-state index is 13.0. The molecule has 3 fully saturated rings. The van der Waals surface area contributed by atoms with Gasteiger partial charge >= 0.3 is 11.9 Å². The van der Waals surface area contributed by atoms with Crippen LogP contribution in [0.2, 0.25) is 0 Å². The van der Waals surface area contributed by atoms with Gasteiger partial charge in [0.05, 0.1) is 13.2 Å². The maximum Gasteiger partial charge on any atom is 0.328 e. The molecule has 0 radical (unpaired) electrons. The van der Waals surface area contributed by atoms with E-state index < -0.39 is 73.0 Å². The maximum atomic E-state index is 13.0. The number of nitrogens with one attached hydrogen (secondary N) is 3. The minimum Gasteiger partial charge on any atom is -0.462 e. The first-order valence-corrected chi connectivity index (χ1v) is 16.5. The molecule has 0 aromatic heterocycles. The van der Waals surface area contributed by atoms with Crippen LogP contribution in [0.25, 0.3) is 0 Å². The molecule has 0 aromatic rings. The minimum atomic E-state index is -1.46. The van der Waals surface area contributed by atoms with Crippen LogP contribution in [-0.2, 0) is 42.9 Å². The fourth-order valence-corrected chi connectivity index (χ4v) is 5.93. The lowest BCUT2D eigenvalue weighted by molar-refractivity contribution is -0.269. The molecule has 1 aliphatic heterocycles. The van der Waals surface area contributed by atoms with Crippen molar-refractivity contribution < 1.29 is 58.2 Å². The number of carbonyl (C=O) groups excluding carboxylic acids is 5. The summed E-state index contributed by atoms with van der Waals surface area (Å²) in [5.41, 5.74) is 0. The first-order chi connectivity index (χ1) is 22.1. The van der Waals surface area contributed by atoms with Gasteiger partial charge in [-0.05, 0) is 57.8 Å². The Hall–Kier alpha value is -2.85. The highest BCUT2D eigenvalue weighted by Crippen LogP contribution is 2.24. The number of aliphatic hydroxyl groups excluding tert-OH is 3. The van der Waals surface area contributed by atoms with Gasteiger partial charge in [0.2, 0.25) is 17.7 Å². The Morgan fingerprint density at radius 1 is 0.826 bits per heavy atom. The van der Waals surface area contributed by atoms with Crippen LogP contribution in [0.4, 0.5) is 0 Å². The Kier molecular flexibility index (Phi) is 16.1. The van der Waals surface area contributed by atoms with Gasteiger partial charge in [-0.15, -0.1) is 0 Å². The molecule has 3 rings (SSSR count). The number of aliphatic hydroxyl groups is 3. The Labute approximate surface area is 269 Å². The van der Waals surface area contributed by atoms with Crippen molar-refractivity contribution >= 4 is 29.7 Å². The second-order valence-corrected chi connectivity index (χ2v) is 12.3. The summed E-state index contributed by atoms with van der Waals surface area (Å²) < 4.78 is 22.2. The Bertz CT molecular complexity index is 1000. The predicted molar refractivity (Wildman–Crippen MR) is 161 cm³/mol. The van der Waals surface area contributed by atoms with Crippen LogP contribution in [0, 0.1) is 0 Å². The lowest BCUT2D eigenvalue weighted by atomic mass is 9.97. The molecule has 262 valence electrons. The van der Waals surface area contributed by atoms with Gasteiger partial charge in [-0.2, -0.15) is 0 Å². The molecular formula is C31H51N3O12. The molecule has 1 heterocycles. The third-order valence-corrected chi connectivity index (χ3v) is 8.48. The summed E-state index contributed by atoms with van der Waals surface area (Å²) in [6.45, 7) is 0.521. The van der Waals surface area contributed by atoms with Crippen molar-refractivity contribution in [3.05, 3.63) is 0 Å². The number of hydrogen-bond acceptors (Lipinski definition) is 12. The number of hydrogen-bond donors (Lipinski definition) is 6. The molecule has 2 saturated carbocycles. The monoisotopic (exact) mass is 657 g/mol. The highest BCUT2D eigenvalue weighted by Gasteiger charge is 2.45. The van der Waals surface area contributed by atoms with Crippen LogP contribution in [0.3, 0.4) is 0 Å². The summed E-state index contributed by atoms with van der Waals surface area (Å²) in [5.74, 6) is -2.53. The van der Waals surface area contributed by atoms with Gasteiger partial charge in [-0.25, -0.2) is 4.79 Å². The van der Waals surface area contributed by atoms with Crippen molar-refractivity contribution in [2.75, 3.05) is 19.8 Å². The summed E-state index contributed by atoms with van der Waals surface area (Å²) in [7, 11) is 0. The molecule has 2 aliphatic carbocycles. The van der Waals surface area contributed by atoms with Crippen LogP contribution in [-0.4, -0.2) is 114 Å². The topological polar surface area (TPSA) is 219 Å². The highest BCUT2D eigenvalue weighted by atomic mass is 16.7. The van der Waals surface area contributed by atoms with Crippen molar-refractivity contribution in [1.82, 2.24) is 16.0 Å². The van der Waals surface area contributed by atoms with Crippen LogP contribution in [0.15, 0.2) is 0 Å². The van der Waals surface area contributed by atoms with Crippen molar-refractivity contribution in [2.45, 2.75) is 146 Å². The first-order valence-electron chi connectivity index (χ1n) is 16.5. The molecule has 0 aromatic carbocycles. The van der Waals surface area contributed by atoms with E-state index in [0.717, 1.165) is 64.2 Å². The SMILES string of the molecule is CC(=O)N[C@H]1[C@H](OCCNC(=O)CCC(=O)N[C@@H](CCC(=O)OC2CCCCC2)C(=O)OC2CCCCC2)O[C@H](CO)[C@H](O)[C@@H]1O. The molecule has 15 heteroatoms. The van der Waals surface area contributed by atoms with Gasteiger partial charge in [0.1, 0.15) is 42.6 Å². The van der Waals surface area contributed by atoms with Gasteiger partial charge < -0.3 is 50.2 Å². The summed E-state index contributed by atoms with van der Waals surface area (Å²) in [4.78, 5) is 62.1. The Morgan fingerprint density at radius 2 is 1.43 bits per heavy atom. The number of esters is 2. The molecule has 6 atom stereocenters. The lowest BCUT2D eigenvalue weighted by Gasteiger charge is -2.42. The van der Waals surface area contributed by atoms with E-state index in [1.165, 1.54) is 6.92 Å². The number of rotatable bonds is 16. The molecule has 6 N–H and O–H groups in total. The quantitative estimate of drug-likeness (QED) is 0.0944. The van der Waals surface area contributed by atoms with E-state index in [0.29, 0.717) is 0 Å². The molecule has 3 amide bonds. The molecule has 1 saturated heterocycles. The zero-order valence-electron chi connectivity index (χ0n) is 26.7. The van der Waals surface area contributed by atoms with Gasteiger partial charge in [-0.1, -0.05) is 12.8 Å². The number of amides is 3. The van der Waals surface area contributed by atoms with Crippen LogP contribution in [0.5, 0.6) is 0 Å². The van der Waals surface area contributed by atoms with E-state index in [1.807, 2.05) is 0 Å². The highest BCUT2D eigenvalue weighted by molar-refractivity contribution is 5.87. The van der Waals surface area contributed by atoms with Crippen LogP contribution < -0.4 is 16.0 Å². The van der Waals surface area contributed by atoms with Crippen LogP contribution >= 0.6 is 0 Å². The normalized spacial score (nSPS) is 26.4. The van der Waals surface area contributed by atoms with E-state index in [-0.39, 0.29) is 51.0 Å². The second kappa shape index (κ2) is 19.7. The van der Waals surface area contributed by atoms with E-state index in [4.69, 9.17) is 18.9 Å². The molecule has 0 spiro atoms. The second-order valence-electron chi connectivity index (χ2n) is 12.3. The van der Waals surface area contributed by atoms with Crippen molar-refractivity contribution in [3.8, 4) is 0 Å². The molecule has 0 unspecified atom stereocenters. The van der Waals surface area contributed by atoms with E-state index >= 15 is 0 Å². The third-order valence-electron chi connectivity index (χ3n) is 8.48. The predicted octanol–water partition coefficient (Wildman–Crippen LogP) is -0.140. The van der Waals surface area contributed by atoms with Gasteiger partial charge in [0.25, 0.3) is 0 Å². The zero-order valence-corrected chi connectivity index (χ0v) is 26.7. The van der Waals surface area contributed by atoms with Gasteiger partial charge in [0, 0.05) is 32.7 Å². The van der Waals surface area contributed by atoms with E-state index in [1.54, 1.807) is 0 Å². The fourth-order valence-electron chi connectivity index (χ4n) is 5.93. The third kappa shape index (κ3) is 12.7. The van der Waals surface area contributed by atoms with Gasteiger partial charge in [-0.3, -0.25) is 19.2 Å². The number of ether oxygens (including phenoxy) is 4. The average Bonchev–Trinajstić information content (AvgIpc) is 3.04.